The van der Waals surface area contributed by atoms with E-state index >= 15 is 0 Å². The average Bonchev–Trinajstić information content (AvgIpc) is 2.75. The SMILES string of the molecule is Nc1ccc(Cn2ccc3ccc(F)cc32)c(F)c1. The summed E-state index contributed by atoms with van der Waals surface area (Å²) in [5, 5.41) is 0.928. The molecule has 0 saturated heterocycles. The Morgan fingerprint density at radius 2 is 1.84 bits per heavy atom. The molecule has 0 unspecified atom stereocenters. The minimum Gasteiger partial charge on any atom is -0.399 e. The number of benzene rings is 2. The molecule has 2 N–H and O–H groups in total. The largest absolute Gasteiger partial charge is 0.399 e. The number of anilines is 1. The summed E-state index contributed by atoms with van der Waals surface area (Å²) >= 11 is 0. The molecule has 1 aromatic heterocycles. The fourth-order valence-electron chi connectivity index (χ4n) is 2.17. The molecule has 96 valence electrons. The van der Waals surface area contributed by atoms with Gasteiger partial charge in [-0.15, -0.1) is 0 Å². The highest BCUT2D eigenvalue weighted by molar-refractivity contribution is 5.80. The van der Waals surface area contributed by atoms with Crippen LogP contribution in [0.2, 0.25) is 0 Å². The Morgan fingerprint density at radius 1 is 1.00 bits per heavy atom. The topological polar surface area (TPSA) is 30.9 Å². The van der Waals surface area contributed by atoms with Crippen LogP contribution < -0.4 is 5.73 Å². The van der Waals surface area contributed by atoms with E-state index in [1.54, 1.807) is 18.2 Å². The summed E-state index contributed by atoms with van der Waals surface area (Å²) in [5.41, 5.74) is 7.18. The first kappa shape index (κ1) is 11.7. The lowest BCUT2D eigenvalue weighted by Crippen LogP contribution is -2.01. The quantitative estimate of drug-likeness (QED) is 0.700. The van der Waals surface area contributed by atoms with Crippen molar-refractivity contribution in [1.29, 1.82) is 0 Å². The van der Waals surface area contributed by atoms with Gasteiger partial charge in [-0.2, -0.15) is 0 Å². The molecule has 3 rings (SSSR count). The highest BCUT2D eigenvalue weighted by Gasteiger charge is 2.07. The highest BCUT2D eigenvalue weighted by atomic mass is 19.1. The summed E-state index contributed by atoms with van der Waals surface area (Å²) in [6.45, 7) is 0.346. The van der Waals surface area contributed by atoms with Crippen LogP contribution in [0.25, 0.3) is 10.9 Å². The van der Waals surface area contributed by atoms with Crippen LogP contribution in [0, 0.1) is 11.6 Å². The molecule has 19 heavy (non-hydrogen) atoms. The van der Waals surface area contributed by atoms with Crippen molar-refractivity contribution in [3.05, 3.63) is 65.9 Å². The van der Waals surface area contributed by atoms with Gasteiger partial charge in [0.2, 0.25) is 0 Å². The predicted octanol–water partition coefficient (Wildman–Crippen LogP) is 3.55. The van der Waals surface area contributed by atoms with Crippen molar-refractivity contribution >= 4 is 16.6 Å². The number of aromatic nitrogens is 1. The summed E-state index contributed by atoms with van der Waals surface area (Å²) in [4.78, 5) is 0. The second kappa shape index (κ2) is 4.39. The van der Waals surface area contributed by atoms with Gasteiger partial charge in [0.15, 0.2) is 0 Å². The van der Waals surface area contributed by atoms with Crippen LogP contribution >= 0.6 is 0 Å². The van der Waals surface area contributed by atoms with Crippen LogP contribution in [0.3, 0.4) is 0 Å². The molecular formula is C15H12F2N2. The van der Waals surface area contributed by atoms with Crippen LogP contribution in [-0.4, -0.2) is 4.57 Å². The minimum absolute atomic E-state index is 0.301. The molecule has 0 amide bonds. The van der Waals surface area contributed by atoms with Gasteiger partial charge in [-0.3, -0.25) is 0 Å². The van der Waals surface area contributed by atoms with E-state index in [0.29, 0.717) is 17.8 Å². The highest BCUT2D eigenvalue weighted by Crippen LogP contribution is 2.20. The van der Waals surface area contributed by atoms with Gasteiger partial charge in [-0.25, -0.2) is 8.78 Å². The van der Waals surface area contributed by atoms with Crippen LogP contribution in [0.15, 0.2) is 48.7 Å². The first-order valence-electron chi connectivity index (χ1n) is 5.92. The second-order valence-corrected chi connectivity index (χ2v) is 4.50. The van der Waals surface area contributed by atoms with E-state index in [-0.39, 0.29) is 11.6 Å². The zero-order valence-corrected chi connectivity index (χ0v) is 10.1. The number of hydrogen-bond acceptors (Lipinski definition) is 1. The molecule has 0 aliphatic heterocycles. The summed E-state index contributed by atoms with van der Waals surface area (Å²) < 4.78 is 28.8. The van der Waals surface area contributed by atoms with Crippen molar-refractivity contribution < 1.29 is 8.78 Å². The zero-order chi connectivity index (χ0) is 13.4. The average molecular weight is 258 g/mol. The molecule has 0 aliphatic carbocycles. The van der Waals surface area contributed by atoms with Crippen molar-refractivity contribution in [2.24, 2.45) is 0 Å². The number of nitrogens with two attached hydrogens (primary N) is 1. The standard InChI is InChI=1S/C15H12F2N2/c16-12-3-1-10-5-6-19(15(10)7-12)9-11-2-4-13(18)8-14(11)17/h1-8H,9,18H2. The third-order valence-corrected chi connectivity index (χ3v) is 3.15. The third-order valence-electron chi connectivity index (χ3n) is 3.15. The minimum atomic E-state index is -0.349. The summed E-state index contributed by atoms with van der Waals surface area (Å²) in [5.74, 6) is -0.650. The molecule has 2 nitrogen and oxygen atoms in total. The molecule has 0 saturated carbocycles. The van der Waals surface area contributed by atoms with E-state index < -0.39 is 0 Å². The summed E-state index contributed by atoms with van der Waals surface area (Å²) in [6.07, 6.45) is 1.82. The maximum Gasteiger partial charge on any atom is 0.130 e. The van der Waals surface area contributed by atoms with E-state index in [1.807, 2.05) is 16.8 Å². The van der Waals surface area contributed by atoms with Crippen molar-refractivity contribution in [2.45, 2.75) is 6.54 Å². The van der Waals surface area contributed by atoms with Gasteiger partial charge >= 0.3 is 0 Å². The van der Waals surface area contributed by atoms with Gasteiger partial charge in [-0.05, 0) is 41.8 Å². The smallest absolute Gasteiger partial charge is 0.130 e. The zero-order valence-electron chi connectivity index (χ0n) is 10.1. The van der Waals surface area contributed by atoms with Gasteiger partial charge in [0.05, 0.1) is 12.1 Å². The van der Waals surface area contributed by atoms with Crippen molar-refractivity contribution in [2.75, 3.05) is 5.73 Å². The van der Waals surface area contributed by atoms with Crippen molar-refractivity contribution in [1.82, 2.24) is 4.57 Å². The predicted molar refractivity (Wildman–Crippen MR) is 71.8 cm³/mol. The number of hydrogen-bond donors (Lipinski definition) is 1. The fraction of sp³-hybridized carbons (Fsp3) is 0.0667. The first-order chi connectivity index (χ1) is 9.13. The van der Waals surface area contributed by atoms with E-state index in [9.17, 15) is 8.78 Å². The Labute approximate surface area is 109 Å². The molecule has 0 bridgehead atoms. The van der Waals surface area contributed by atoms with Gasteiger partial charge in [0.1, 0.15) is 11.6 Å². The number of nitrogen functional groups attached to an aromatic ring is 1. The summed E-state index contributed by atoms with van der Waals surface area (Å²) in [7, 11) is 0. The van der Waals surface area contributed by atoms with Crippen molar-refractivity contribution in [3.63, 3.8) is 0 Å². The lowest BCUT2D eigenvalue weighted by atomic mass is 10.2. The monoisotopic (exact) mass is 258 g/mol. The Bertz CT molecular complexity index is 747. The van der Waals surface area contributed by atoms with E-state index in [4.69, 9.17) is 5.73 Å². The Kier molecular flexibility index (Phi) is 2.71. The number of fused-ring (bicyclic) bond motifs is 1. The first-order valence-corrected chi connectivity index (χ1v) is 5.92. The van der Waals surface area contributed by atoms with Crippen LogP contribution in [-0.2, 0) is 6.54 Å². The normalized spacial score (nSPS) is 11.1. The summed E-state index contributed by atoms with van der Waals surface area (Å²) in [6, 6.07) is 11.0. The Morgan fingerprint density at radius 3 is 2.63 bits per heavy atom. The van der Waals surface area contributed by atoms with Gasteiger partial charge in [0.25, 0.3) is 0 Å². The molecule has 2 aromatic carbocycles. The number of nitrogens with zero attached hydrogens (tertiary/aromatic N) is 1. The fourth-order valence-corrected chi connectivity index (χ4v) is 2.17. The van der Waals surface area contributed by atoms with Gasteiger partial charge < -0.3 is 10.3 Å². The molecule has 0 atom stereocenters. The molecular weight excluding hydrogens is 246 g/mol. The van der Waals surface area contributed by atoms with Crippen LogP contribution in [0.5, 0.6) is 0 Å². The van der Waals surface area contributed by atoms with E-state index in [2.05, 4.69) is 0 Å². The lowest BCUT2D eigenvalue weighted by molar-refractivity contribution is 0.602. The second-order valence-electron chi connectivity index (χ2n) is 4.50. The van der Waals surface area contributed by atoms with Gasteiger partial charge in [-0.1, -0.05) is 6.07 Å². The molecule has 1 heterocycles. The Hall–Kier alpha value is -2.36. The number of halogens is 2. The molecule has 4 heteroatoms. The van der Waals surface area contributed by atoms with Crippen LogP contribution in [0.1, 0.15) is 5.56 Å². The Balaban J connectivity index is 2.03. The molecule has 0 fully saturated rings. The molecule has 0 aliphatic rings. The third kappa shape index (κ3) is 2.17. The van der Waals surface area contributed by atoms with Crippen LogP contribution in [0.4, 0.5) is 14.5 Å². The maximum absolute atomic E-state index is 13.8. The lowest BCUT2D eigenvalue weighted by Gasteiger charge is -2.07. The van der Waals surface area contributed by atoms with Gasteiger partial charge in [0, 0.05) is 17.4 Å². The number of rotatable bonds is 2. The maximum atomic E-state index is 13.8. The molecule has 0 spiro atoms. The van der Waals surface area contributed by atoms with Crippen molar-refractivity contribution in [3.8, 4) is 0 Å². The molecule has 0 radical (unpaired) electrons. The molecule has 3 aromatic rings. The van der Waals surface area contributed by atoms with E-state index in [1.165, 1.54) is 18.2 Å². The van der Waals surface area contributed by atoms with E-state index in [0.717, 1.165) is 10.9 Å².